The molecule has 0 radical (unpaired) electrons. The van der Waals surface area contributed by atoms with Gasteiger partial charge in [0.05, 0.1) is 29.5 Å². The smallest absolute Gasteiger partial charge is 0.241 e. The number of nitriles is 1. The standard InChI is InChI=1S/C27H26F2N6O/c1-16(19-8-6-7-18(13-30)23(19)29)31-25-20-14-35(22-10-5-4-9-21(22)28)26(36)27(11-12-34(3)15-27)24(20)32-17(2)33-25/h4-10,16H,11-12,14-15H2,1-3H3,(H,31,32,33)/t16-,27?/m0/s1. The molecular formula is C27H26F2N6O. The minimum atomic E-state index is -0.941. The second kappa shape index (κ2) is 8.95. The molecule has 2 atom stereocenters. The van der Waals surface area contributed by atoms with E-state index in [0.29, 0.717) is 48.0 Å². The van der Waals surface area contributed by atoms with Crippen molar-refractivity contribution >= 4 is 17.4 Å². The second-order valence-corrected chi connectivity index (χ2v) is 9.55. The molecule has 1 N–H and O–H groups in total. The fourth-order valence-electron chi connectivity index (χ4n) is 5.34. The molecule has 0 saturated carbocycles. The number of halogens is 2. The van der Waals surface area contributed by atoms with Gasteiger partial charge >= 0.3 is 0 Å². The fraction of sp³-hybridized carbons (Fsp3) is 0.333. The summed E-state index contributed by atoms with van der Waals surface area (Å²) in [6.07, 6.45) is 0.546. The average Bonchev–Trinajstić information content (AvgIpc) is 3.25. The van der Waals surface area contributed by atoms with E-state index < -0.39 is 23.1 Å². The number of anilines is 2. The first-order valence-electron chi connectivity index (χ1n) is 11.8. The van der Waals surface area contributed by atoms with Gasteiger partial charge in [0.25, 0.3) is 0 Å². The quantitative estimate of drug-likeness (QED) is 0.592. The summed E-state index contributed by atoms with van der Waals surface area (Å²) in [7, 11) is 1.95. The Kier molecular flexibility index (Phi) is 5.92. The average molecular weight is 489 g/mol. The van der Waals surface area contributed by atoms with Crippen LogP contribution in [0.15, 0.2) is 42.5 Å². The lowest BCUT2D eigenvalue weighted by Gasteiger charge is -2.41. The van der Waals surface area contributed by atoms with Gasteiger partial charge in [-0.05, 0) is 52.1 Å². The number of likely N-dealkylation sites (N-methyl/N-ethyl adjacent to an activating group) is 1. The highest BCUT2D eigenvalue weighted by Gasteiger charge is 2.53. The molecule has 1 spiro atoms. The molecule has 2 aliphatic rings. The van der Waals surface area contributed by atoms with E-state index in [1.807, 2.05) is 13.1 Å². The first-order chi connectivity index (χ1) is 17.2. The van der Waals surface area contributed by atoms with Gasteiger partial charge in [0.15, 0.2) is 0 Å². The van der Waals surface area contributed by atoms with Crippen LogP contribution in [0.4, 0.5) is 20.3 Å². The van der Waals surface area contributed by atoms with Crippen molar-refractivity contribution in [2.75, 3.05) is 30.4 Å². The highest BCUT2D eigenvalue weighted by atomic mass is 19.1. The van der Waals surface area contributed by atoms with Gasteiger partial charge in [-0.25, -0.2) is 18.7 Å². The van der Waals surface area contributed by atoms with Gasteiger partial charge in [-0.2, -0.15) is 5.26 Å². The van der Waals surface area contributed by atoms with Crippen LogP contribution in [0.2, 0.25) is 0 Å². The Hall–Kier alpha value is -3.90. The van der Waals surface area contributed by atoms with Gasteiger partial charge in [0.2, 0.25) is 5.91 Å². The van der Waals surface area contributed by atoms with Crippen LogP contribution in [0.1, 0.15) is 47.6 Å². The van der Waals surface area contributed by atoms with Crippen molar-refractivity contribution in [3.05, 3.63) is 82.3 Å². The minimum absolute atomic E-state index is 0.0358. The van der Waals surface area contributed by atoms with E-state index in [1.165, 1.54) is 17.0 Å². The Morgan fingerprint density at radius 1 is 1.17 bits per heavy atom. The summed E-state index contributed by atoms with van der Waals surface area (Å²) in [5.74, 6) is -0.307. The lowest BCUT2D eigenvalue weighted by molar-refractivity contribution is -0.124. The third-order valence-electron chi connectivity index (χ3n) is 7.12. The number of amides is 1. The van der Waals surface area contributed by atoms with Crippen LogP contribution >= 0.6 is 0 Å². The molecule has 36 heavy (non-hydrogen) atoms. The van der Waals surface area contributed by atoms with E-state index in [1.54, 1.807) is 44.2 Å². The molecule has 1 aromatic heterocycles. The number of rotatable bonds is 4. The molecule has 1 unspecified atom stereocenters. The van der Waals surface area contributed by atoms with Crippen LogP contribution in [-0.4, -0.2) is 40.9 Å². The highest BCUT2D eigenvalue weighted by Crippen LogP contribution is 2.44. The number of hydrogen-bond donors (Lipinski definition) is 1. The predicted molar refractivity (Wildman–Crippen MR) is 131 cm³/mol. The summed E-state index contributed by atoms with van der Waals surface area (Å²) in [5, 5.41) is 12.5. The lowest BCUT2D eigenvalue weighted by Crippen LogP contribution is -2.53. The molecule has 9 heteroatoms. The van der Waals surface area contributed by atoms with Gasteiger partial charge in [0.1, 0.15) is 34.8 Å². The molecule has 2 aromatic carbocycles. The summed E-state index contributed by atoms with van der Waals surface area (Å²) < 4.78 is 29.8. The molecule has 1 amide bonds. The van der Waals surface area contributed by atoms with Gasteiger partial charge in [-0.3, -0.25) is 4.79 Å². The highest BCUT2D eigenvalue weighted by molar-refractivity contribution is 6.03. The van der Waals surface area contributed by atoms with Crippen LogP contribution in [0.3, 0.4) is 0 Å². The summed E-state index contributed by atoms with van der Waals surface area (Å²) >= 11 is 0. The number of nitrogens with one attached hydrogen (secondary N) is 1. The summed E-state index contributed by atoms with van der Waals surface area (Å²) in [6.45, 7) is 4.77. The Balaban J connectivity index is 1.64. The van der Waals surface area contributed by atoms with E-state index in [9.17, 15) is 18.8 Å². The van der Waals surface area contributed by atoms with Gasteiger partial charge in [-0.1, -0.05) is 24.3 Å². The topological polar surface area (TPSA) is 85.1 Å². The summed E-state index contributed by atoms with van der Waals surface area (Å²) in [4.78, 5) is 26.9. The molecular weight excluding hydrogens is 462 g/mol. The number of fused-ring (bicyclic) bond motifs is 2. The van der Waals surface area contributed by atoms with E-state index in [2.05, 4.69) is 15.2 Å². The van der Waals surface area contributed by atoms with Crippen molar-refractivity contribution < 1.29 is 13.6 Å². The molecule has 3 aromatic rings. The van der Waals surface area contributed by atoms with Crippen molar-refractivity contribution in [2.24, 2.45) is 0 Å². The van der Waals surface area contributed by atoms with Gasteiger partial charge in [-0.15, -0.1) is 0 Å². The Morgan fingerprint density at radius 2 is 1.94 bits per heavy atom. The third-order valence-corrected chi connectivity index (χ3v) is 7.12. The largest absolute Gasteiger partial charge is 0.363 e. The molecule has 0 bridgehead atoms. The summed E-state index contributed by atoms with van der Waals surface area (Å²) in [6, 6.07) is 12.3. The number of likely N-dealkylation sites (tertiary alicyclic amines) is 1. The normalized spacial score (nSPS) is 20.3. The number of benzene rings is 2. The molecule has 184 valence electrons. The van der Waals surface area contributed by atoms with E-state index >= 15 is 0 Å². The predicted octanol–water partition coefficient (Wildman–Crippen LogP) is 4.23. The Morgan fingerprint density at radius 3 is 2.64 bits per heavy atom. The number of aromatic nitrogens is 2. The third kappa shape index (κ3) is 3.78. The van der Waals surface area contributed by atoms with Crippen LogP contribution < -0.4 is 10.2 Å². The number of aryl methyl sites for hydroxylation is 1. The van der Waals surface area contributed by atoms with Crippen LogP contribution in [0.5, 0.6) is 0 Å². The van der Waals surface area contributed by atoms with Gasteiger partial charge < -0.3 is 15.1 Å². The zero-order valence-corrected chi connectivity index (χ0v) is 20.3. The van der Waals surface area contributed by atoms with E-state index in [-0.39, 0.29) is 23.7 Å². The molecule has 5 rings (SSSR count). The molecule has 7 nitrogen and oxygen atoms in total. The molecule has 3 heterocycles. The number of carbonyl (C=O) groups excluding carboxylic acids is 1. The molecule has 2 aliphatic heterocycles. The van der Waals surface area contributed by atoms with E-state index in [4.69, 9.17) is 4.98 Å². The van der Waals surface area contributed by atoms with E-state index in [0.717, 1.165) is 0 Å². The lowest BCUT2D eigenvalue weighted by atomic mass is 9.76. The van der Waals surface area contributed by atoms with Gasteiger partial charge in [0, 0.05) is 17.7 Å². The Labute approximate surface area is 208 Å². The zero-order valence-electron chi connectivity index (χ0n) is 20.3. The van der Waals surface area contributed by atoms with Crippen LogP contribution in [0, 0.1) is 29.9 Å². The monoisotopic (exact) mass is 488 g/mol. The Bertz CT molecular complexity index is 1400. The SMILES string of the molecule is Cc1nc(N[C@@H](C)c2cccc(C#N)c2F)c2c(n1)C1(CCN(C)C1)C(=O)N(c1ccccc1F)C2. The van der Waals surface area contributed by atoms with Crippen molar-refractivity contribution in [1.82, 2.24) is 14.9 Å². The van der Waals surface area contributed by atoms with Crippen molar-refractivity contribution in [1.29, 1.82) is 5.26 Å². The fourth-order valence-corrected chi connectivity index (χ4v) is 5.34. The van der Waals surface area contributed by atoms with Crippen molar-refractivity contribution in [3.63, 3.8) is 0 Å². The summed E-state index contributed by atoms with van der Waals surface area (Å²) in [5.41, 5.74) is 0.873. The molecule has 0 aliphatic carbocycles. The number of para-hydroxylation sites is 1. The number of carbonyl (C=O) groups is 1. The first-order valence-corrected chi connectivity index (χ1v) is 11.8. The maximum absolute atomic E-state index is 14.9. The minimum Gasteiger partial charge on any atom is -0.363 e. The molecule has 1 saturated heterocycles. The maximum atomic E-state index is 14.9. The zero-order chi connectivity index (χ0) is 25.6. The maximum Gasteiger partial charge on any atom is 0.241 e. The second-order valence-electron chi connectivity index (χ2n) is 9.55. The number of hydrogen-bond acceptors (Lipinski definition) is 6. The number of nitrogens with zero attached hydrogens (tertiary/aromatic N) is 5. The van der Waals surface area contributed by atoms with Crippen LogP contribution in [-0.2, 0) is 16.8 Å². The van der Waals surface area contributed by atoms with Crippen molar-refractivity contribution in [2.45, 2.75) is 38.3 Å². The first kappa shape index (κ1) is 23.8. The van der Waals surface area contributed by atoms with Crippen LogP contribution in [0.25, 0.3) is 0 Å². The molecule has 1 fully saturated rings. The van der Waals surface area contributed by atoms with Crippen molar-refractivity contribution in [3.8, 4) is 6.07 Å².